The number of rotatable bonds is 6. The van der Waals surface area contributed by atoms with Gasteiger partial charge in [-0.2, -0.15) is 0 Å². The van der Waals surface area contributed by atoms with E-state index in [9.17, 15) is 9.59 Å². The van der Waals surface area contributed by atoms with Crippen LogP contribution in [-0.2, 0) is 0 Å². The van der Waals surface area contributed by atoms with Gasteiger partial charge in [0, 0.05) is 31.2 Å². The van der Waals surface area contributed by atoms with E-state index in [4.69, 9.17) is 0 Å². The molecule has 2 aromatic rings. The number of carbonyl (C=O) groups excluding carboxylic acids is 2. The molecule has 0 aliphatic heterocycles. The van der Waals surface area contributed by atoms with Crippen molar-refractivity contribution in [3.8, 4) is 0 Å². The fourth-order valence-electron chi connectivity index (χ4n) is 2.21. The third-order valence-corrected chi connectivity index (χ3v) is 3.87. The summed E-state index contributed by atoms with van der Waals surface area (Å²) in [5.41, 5.74) is 3.69. The molecule has 2 amide bonds. The third kappa shape index (κ3) is 5.39. The van der Waals surface area contributed by atoms with Crippen LogP contribution < -0.4 is 10.6 Å². The van der Waals surface area contributed by atoms with E-state index in [2.05, 4.69) is 15.6 Å². The topological polar surface area (TPSA) is 74.3 Å². The van der Waals surface area contributed by atoms with Crippen molar-refractivity contribution < 1.29 is 9.59 Å². The van der Waals surface area contributed by atoms with E-state index in [1.165, 1.54) is 12.4 Å². The summed E-state index contributed by atoms with van der Waals surface area (Å²) in [5, 5.41) is 5.64. The quantitative estimate of drug-likeness (QED) is 0.846. The molecule has 0 bridgehead atoms. The summed E-state index contributed by atoms with van der Waals surface area (Å²) in [7, 11) is 3.87. The van der Waals surface area contributed by atoms with Gasteiger partial charge in [-0.25, -0.2) is 0 Å². The lowest BCUT2D eigenvalue weighted by molar-refractivity contribution is 0.0950. The van der Waals surface area contributed by atoms with Gasteiger partial charge in [0.1, 0.15) is 0 Å². The van der Waals surface area contributed by atoms with Crippen LogP contribution in [0.25, 0.3) is 0 Å². The summed E-state index contributed by atoms with van der Waals surface area (Å²) >= 11 is 0. The number of benzene rings is 1. The summed E-state index contributed by atoms with van der Waals surface area (Å²) < 4.78 is 0. The molecule has 0 saturated carbocycles. The molecule has 2 rings (SSSR count). The predicted molar refractivity (Wildman–Crippen MR) is 99.0 cm³/mol. The summed E-state index contributed by atoms with van der Waals surface area (Å²) in [6, 6.07) is 7.27. The molecule has 0 saturated heterocycles. The highest BCUT2D eigenvalue weighted by Crippen LogP contribution is 2.15. The maximum atomic E-state index is 12.4. The van der Waals surface area contributed by atoms with Crippen LogP contribution in [0.15, 0.2) is 36.7 Å². The molecule has 132 valence electrons. The molecule has 1 aromatic heterocycles. The van der Waals surface area contributed by atoms with Gasteiger partial charge in [-0.3, -0.25) is 14.6 Å². The maximum absolute atomic E-state index is 12.4. The Hall–Kier alpha value is -2.73. The molecule has 0 fully saturated rings. The lowest BCUT2D eigenvalue weighted by Gasteiger charge is -2.11. The molecule has 0 aliphatic carbocycles. The first kappa shape index (κ1) is 18.6. The maximum Gasteiger partial charge on any atom is 0.257 e. The van der Waals surface area contributed by atoms with Gasteiger partial charge in [0.05, 0.1) is 11.1 Å². The van der Waals surface area contributed by atoms with Gasteiger partial charge in [-0.15, -0.1) is 0 Å². The van der Waals surface area contributed by atoms with Crippen LogP contribution in [0.2, 0.25) is 0 Å². The van der Waals surface area contributed by atoms with E-state index in [0.717, 1.165) is 17.7 Å². The summed E-state index contributed by atoms with van der Waals surface area (Å²) in [5.74, 6) is -0.533. The molecule has 0 unspecified atom stereocenters. The third-order valence-electron chi connectivity index (χ3n) is 3.87. The summed E-state index contributed by atoms with van der Waals surface area (Å²) in [6.07, 6.45) is 2.91. The van der Waals surface area contributed by atoms with Crippen molar-refractivity contribution in [1.82, 2.24) is 15.2 Å². The van der Waals surface area contributed by atoms with E-state index < -0.39 is 0 Å². The van der Waals surface area contributed by atoms with E-state index in [-0.39, 0.29) is 11.8 Å². The Labute approximate surface area is 148 Å². The molecule has 0 spiro atoms. The second kappa shape index (κ2) is 8.39. The SMILES string of the molecule is Cc1ccc(NC(=O)c2cncc(C(=O)NCCN(C)C)c2)cc1C. The number of likely N-dealkylation sites (N-methyl/N-ethyl adjacent to an activating group) is 1. The number of carbonyl (C=O) groups is 2. The second-order valence-corrected chi connectivity index (χ2v) is 6.27. The number of nitrogens with one attached hydrogen (secondary N) is 2. The zero-order valence-electron chi connectivity index (χ0n) is 15.1. The zero-order chi connectivity index (χ0) is 18.4. The van der Waals surface area contributed by atoms with Crippen LogP contribution in [0.5, 0.6) is 0 Å². The fourth-order valence-corrected chi connectivity index (χ4v) is 2.21. The van der Waals surface area contributed by atoms with Gasteiger partial charge < -0.3 is 15.5 Å². The molecule has 0 radical (unpaired) electrons. The largest absolute Gasteiger partial charge is 0.351 e. The van der Waals surface area contributed by atoms with Crippen LogP contribution in [0, 0.1) is 13.8 Å². The van der Waals surface area contributed by atoms with Crippen LogP contribution in [0.1, 0.15) is 31.8 Å². The van der Waals surface area contributed by atoms with Crippen molar-refractivity contribution in [3.63, 3.8) is 0 Å². The number of pyridine rings is 1. The minimum atomic E-state index is -0.293. The minimum absolute atomic E-state index is 0.241. The number of nitrogens with zero attached hydrogens (tertiary/aromatic N) is 2. The molecule has 0 atom stereocenters. The molecule has 0 aliphatic rings. The normalized spacial score (nSPS) is 10.6. The lowest BCUT2D eigenvalue weighted by Crippen LogP contribution is -2.31. The van der Waals surface area contributed by atoms with E-state index in [1.54, 1.807) is 6.07 Å². The highest BCUT2D eigenvalue weighted by Gasteiger charge is 2.12. The number of amides is 2. The number of aryl methyl sites for hydroxylation is 2. The highest BCUT2D eigenvalue weighted by molar-refractivity contribution is 6.05. The Bertz CT molecular complexity index is 772. The highest BCUT2D eigenvalue weighted by atomic mass is 16.2. The van der Waals surface area contributed by atoms with Crippen LogP contribution >= 0.6 is 0 Å². The molecule has 6 nitrogen and oxygen atoms in total. The number of hydrogen-bond donors (Lipinski definition) is 2. The molecular weight excluding hydrogens is 316 g/mol. The van der Waals surface area contributed by atoms with Gasteiger partial charge in [0.2, 0.25) is 0 Å². The first-order chi connectivity index (χ1) is 11.9. The van der Waals surface area contributed by atoms with Crippen molar-refractivity contribution in [2.45, 2.75) is 13.8 Å². The predicted octanol–water partition coefficient (Wildman–Crippen LogP) is 2.24. The minimum Gasteiger partial charge on any atom is -0.351 e. The van der Waals surface area contributed by atoms with E-state index >= 15 is 0 Å². The molecular formula is C19H24N4O2. The monoisotopic (exact) mass is 340 g/mol. The molecule has 1 heterocycles. The van der Waals surface area contributed by atoms with Crippen LogP contribution in [0.4, 0.5) is 5.69 Å². The lowest BCUT2D eigenvalue weighted by atomic mass is 10.1. The van der Waals surface area contributed by atoms with Crippen molar-refractivity contribution in [1.29, 1.82) is 0 Å². The van der Waals surface area contributed by atoms with Gasteiger partial charge >= 0.3 is 0 Å². The van der Waals surface area contributed by atoms with Crippen LogP contribution in [0.3, 0.4) is 0 Å². The smallest absolute Gasteiger partial charge is 0.257 e. The number of aromatic nitrogens is 1. The van der Waals surface area contributed by atoms with Gasteiger partial charge in [0.15, 0.2) is 0 Å². The first-order valence-electron chi connectivity index (χ1n) is 8.13. The van der Waals surface area contributed by atoms with Gasteiger partial charge in [-0.1, -0.05) is 6.07 Å². The Kier molecular flexibility index (Phi) is 6.25. The van der Waals surface area contributed by atoms with Gasteiger partial charge in [0.25, 0.3) is 11.8 Å². The Morgan fingerprint density at radius 1 is 1.00 bits per heavy atom. The fraction of sp³-hybridized carbons (Fsp3) is 0.316. The summed E-state index contributed by atoms with van der Waals surface area (Å²) in [4.78, 5) is 30.5. The average Bonchev–Trinajstić information content (AvgIpc) is 2.58. The van der Waals surface area contributed by atoms with Gasteiger partial charge in [-0.05, 0) is 57.3 Å². The number of hydrogen-bond acceptors (Lipinski definition) is 4. The summed E-state index contributed by atoms with van der Waals surface area (Å²) in [6.45, 7) is 5.28. The van der Waals surface area contributed by atoms with Crippen molar-refractivity contribution >= 4 is 17.5 Å². The van der Waals surface area contributed by atoms with Crippen molar-refractivity contribution in [3.05, 3.63) is 58.9 Å². The average molecular weight is 340 g/mol. The molecule has 25 heavy (non-hydrogen) atoms. The Morgan fingerprint density at radius 3 is 2.32 bits per heavy atom. The Morgan fingerprint density at radius 2 is 1.68 bits per heavy atom. The van der Waals surface area contributed by atoms with E-state index in [0.29, 0.717) is 23.4 Å². The Balaban J connectivity index is 2.05. The van der Waals surface area contributed by atoms with Crippen molar-refractivity contribution in [2.24, 2.45) is 0 Å². The first-order valence-corrected chi connectivity index (χ1v) is 8.13. The number of anilines is 1. The van der Waals surface area contributed by atoms with Crippen LogP contribution in [-0.4, -0.2) is 48.9 Å². The standard InChI is InChI=1S/C19H24N4O2/c1-13-5-6-17(9-14(13)2)22-19(25)16-10-15(11-20-12-16)18(24)21-7-8-23(3)4/h5-6,9-12H,7-8H2,1-4H3,(H,21,24)(H,22,25). The van der Waals surface area contributed by atoms with E-state index in [1.807, 2.05) is 51.0 Å². The zero-order valence-corrected chi connectivity index (χ0v) is 15.1. The molecule has 6 heteroatoms. The molecule has 2 N–H and O–H groups in total. The molecule has 1 aromatic carbocycles. The van der Waals surface area contributed by atoms with Crippen molar-refractivity contribution in [2.75, 3.05) is 32.5 Å². The second-order valence-electron chi connectivity index (χ2n) is 6.27.